The summed E-state index contributed by atoms with van der Waals surface area (Å²) in [5, 5.41) is 11.8. The summed E-state index contributed by atoms with van der Waals surface area (Å²) in [6, 6.07) is 2.33. The average molecular weight is 298 g/mol. The molecule has 0 spiro atoms. The van der Waals surface area contributed by atoms with Gasteiger partial charge in [-0.15, -0.1) is 0 Å². The molecule has 1 aliphatic rings. The topological polar surface area (TPSA) is 75.3 Å². The molecule has 1 aromatic carbocycles. The van der Waals surface area contributed by atoms with Gasteiger partial charge in [0.2, 0.25) is 0 Å². The lowest BCUT2D eigenvalue weighted by atomic mass is 9.73. The number of hydrogen-bond acceptors (Lipinski definition) is 3. The van der Waals surface area contributed by atoms with Gasteiger partial charge in [0, 0.05) is 6.54 Å². The molecule has 0 saturated heterocycles. The maximum absolute atomic E-state index is 14.1. The molecule has 2 unspecified atom stereocenters. The molecule has 1 aliphatic carbocycles. The number of nitrogens with one attached hydrogen (secondary N) is 1. The summed E-state index contributed by atoms with van der Waals surface area (Å²) in [6.07, 6.45) is 3.83. The fourth-order valence-corrected chi connectivity index (χ4v) is 3.03. The van der Waals surface area contributed by atoms with E-state index in [4.69, 9.17) is 10.8 Å². The van der Waals surface area contributed by atoms with Crippen molar-refractivity contribution >= 4 is 11.7 Å². The monoisotopic (exact) mass is 298 g/mol. The maximum Gasteiger partial charge on any atom is 0.338 e. The smallest absolute Gasteiger partial charge is 0.338 e. The normalized spacial score (nSPS) is 25.6. The Labute approximate surface area is 122 Å². The van der Waals surface area contributed by atoms with Crippen LogP contribution in [0.2, 0.25) is 0 Å². The molecule has 2 atom stereocenters. The first-order valence-electron chi connectivity index (χ1n) is 7.11. The van der Waals surface area contributed by atoms with Crippen LogP contribution in [0.5, 0.6) is 0 Å². The number of carboxylic acids is 1. The number of anilines is 1. The number of hydrogen-bond donors (Lipinski definition) is 3. The second-order valence-corrected chi connectivity index (χ2v) is 5.73. The summed E-state index contributed by atoms with van der Waals surface area (Å²) < 4.78 is 27.8. The van der Waals surface area contributed by atoms with Gasteiger partial charge < -0.3 is 16.2 Å². The van der Waals surface area contributed by atoms with E-state index in [1.54, 1.807) is 0 Å². The van der Waals surface area contributed by atoms with Crippen molar-refractivity contribution in [3.63, 3.8) is 0 Å². The minimum atomic E-state index is -1.49. The molecular formula is C15H20F2N2O2. The van der Waals surface area contributed by atoms with Crippen molar-refractivity contribution in [3.8, 4) is 0 Å². The first-order valence-corrected chi connectivity index (χ1v) is 7.11. The molecule has 1 fully saturated rings. The van der Waals surface area contributed by atoms with Crippen LogP contribution in [0.15, 0.2) is 12.1 Å². The Balaban J connectivity index is 2.34. The molecule has 1 saturated carbocycles. The predicted molar refractivity (Wildman–Crippen MR) is 76.4 cm³/mol. The van der Waals surface area contributed by atoms with Gasteiger partial charge in [0.15, 0.2) is 11.6 Å². The van der Waals surface area contributed by atoms with E-state index in [2.05, 4.69) is 5.32 Å². The number of nitrogens with two attached hydrogens (primary N) is 1. The SMILES string of the molecule is CC1CCCCC1(CN)Nc1ccc(C(=O)O)c(F)c1F. The molecule has 21 heavy (non-hydrogen) atoms. The molecule has 4 nitrogen and oxygen atoms in total. The van der Waals surface area contributed by atoms with Gasteiger partial charge in [-0.1, -0.05) is 19.8 Å². The molecule has 0 radical (unpaired) electrons. The molecule has 0 bridgehead atoms. The highest BCUT2D eigenvalue weighted by Crippen LogP contribution is 2.36. The Kier molecular flexibility index (Phi) is 4.46. The fraction of sp³-hybridized carbons (Fsp3) is 0.533. The lowest BCUT2D eigenvalue weighted by molar-refractivity contribution is 0.0690. The Morgan fingerprint density at radius 1 is 1.43 bits per heavy atom. The van der Waals surface area contributed by atoms with Gasteiger partial charge in [-0.2, -0.15) is 0 Å². The quantitative estimate of drug-likeness (QED) is 0.799. The van der Waals surface area contributed by atoms with Gasteiger partial charge in [0.1, 0.15) is 0 Å². The van der Waals surface area contributed by atoms with Crippen LogP contribution in [0.25, 0.3) is 0 Å². The Bertz CT molecular complexity index is 551. The molecule has 6 heteroatoms. The standard InChI is InChI=1S/C15H20F2N2O2/c1-9-4-2-3-7-15(9,8-18)19-11-6-5-10(14(20)21)12(16)13(11)17/h5-6,9,19H,2-4,7-8,18H2,1H3,(H,20,21). The zero-order valence-electron chi connectivity index (χ0n) is 12.0. The van der Waals surface area contributed by atoms with E-state index in [1.165, 1.54) is 6.07 Å². The van der Waals surface area contributed by atoms with Crippen molar-refractivity contribution < 1.29 is 18.7 Å². The van der Waals surface area contributed by atoms with Crippen LogP contribution in [-0.2, 0) is 0 Å². The van der Waals surface area contributed by atoms with Crippen LogP contribution >= 0.6 is 0 Å². The second kappa shape index (κ2) is 5.97. The summed E-state index contributed by atoms with van der Waals surface area (Å²) in [4.78, 5) is 10.8. The molecule has 0 heterocycles. The third-order valence-electron chi connectivity index (χ3n) is 4.51. The maximum atomic E-state index is 14.1. The second-order valence-electron chi connectivity index (χ2n) is 5.73. The molecular weight excluding hydrogens is 278 g/mol. The third kappa shape index (κ3) is 2.85. The predicted octanol–water partition coefficient (Wildman–Crippen LogP) is 2.98. The Morgan fingerprint density at radius 2 is 2.14 bits per heavy atom. The molecule has 4 N–H and O–H groups in total. The molecule has 0 aromatic heterocycles. The minimum absolute atomic E-state index is 0.0308. The molecule has 0 amide bonds. The number of carbonyl (C=O) groups is 1. The van der Waals surface area contributed by atoms with Gasteiger partial charge >= 0.3 is 5.97 Å². The highest BCUT2D eigenvalue weighted by Gasteiger charge is 2.37. The molecule has 0 aliphatic heterocycles. The van der Waals surface area contributed by atoms with Crippen LogP contribution < -0.4 is 11.1 Å². The van der Waals surface area contributed by atoms with Crippen LogP contribution in [0, 0.1) is 17.6 Å². The lowest BCUT2D eigenvalue weighted by Gasteiger charge is -2.43. The number of halogens is 2. The molecule has 2 rings (SSSR count). The van der Waals surface area contributed by atoms with Gasteiger partial charge in [0.25, 0.3) is 0 Å². The van der Waals surface area contributed by atoms with Gasteiger partial charge in [-0.05, 0) is 30.9 Å². The third-order valence-corrected chi connectivity index (χ3v) is 4.51. The number of benzene rings is 1. The van der Waals surface area contributed by atoms with Gasteiger partial charge in [-0.3, -0.25) is 0 Å². The first kappa shape index (κ1) is 15.7. The van der Waals surface area contributed by atoms with E-state index < -0.39 is 28.7 Å². The van der Waals surface area contributed by atoms with E-state index in [-0.39, 0.29) is 11.6 Å². The minimum Gasteiger partial charge on any atom is -0.478 e. The lowest BCUT2D eigenvalue weighted by Crippen LogP contribution is -2.52. The van der Waals surface area contributed by atoms with E-state index in [0.717, 1.165) is 31.7 Å². The van der Waals surface area contributed by atoms with Crippen LogP contribution in [-0.4, -0.2) is 23.2 Å². The van der Waals surface area contributed by atoms with E-state index in [9.17, 15) is 13.6 Å². The van der Waals surface area contributed by atoms with Crippen molar-refractivity contribution in [1.82, 2.24) is 0 Å². The summed E-state index contributed by atoms with van der Waals surface area (Å²) in [7, 11) is 0. The van der Waals surface area contributed by atoms with Crippen molar-refractivity contribution in [2.45, 2.75) is 38.1 Å². The molecule has 116 valence electrons. The van der Waals surface area contributed by atoms with Crippen molar-refractivity contribution in [1.29, 1.82) is 0 Å². The van der Waals surface area contributed by atoms with Crippen molar-refractivity contribution in [2.24, 2.45) is 11.7 Å². The van der Waals surface area contributed by atoms with E-state index in [1.807, 2.05) is 6.92 Å². The van der Waals surface area contributed by atoms with Crippen molar-refractivity contribution in [3.05, 3.63) is 29.3 Å². The Hall–Kier alpha value is -1.69. The van der Waals surface area contributed by atoms with Crippen LogP contribution in [0.3, 0.4) is 0 Å². The first-order chi connectivity index (χ1) is 9.91. The highest BCUT2D eigenvalue weighted by molar-refractivity contribution is 5.88. The van der Waals surface area contributed by atoms with Crippen molar-refractivity contribution in [2.75, 3.05) is 11.9 Å². The fourth-order valence-electron chi connectivity index (χ4n) is 3.03. The summed E-state index contributed by atoms with van der Waals surface area (Å²) in [6.45, 7) is 2.36. The zero-order chi connectivity index (χ0) is 15.6. The Morgan fingerprint density at radius 3 is 2.71 bits per heavy atom. The highest BCUT2D eigenvalue weighted by atomic mass is 19.2. The summed E-state index contributed by atoms with van der Waals surface area (Å²) in [5.41, 5.74) is 4.69. The van der Waals surface area contributed by atoms with Crippen LogP contribution in [0.4, 0.5) is 14.5 Å². The van der Waals surface area contributed by atoms with E-state index >= 15 is 0 Å². The van der Waals surface area contributed by atoms with E-state index in [0.29, 0.717) is 6.54 Å². The average Bonchev–Trinajstić information content (AvgIpc) is 2.46. The summed E-state index contributed by atoms with van der Waals surface area (Å²) in [5.74, 6) is -3.76. The number of carboxylic acid groups (broad SMARTS) is 1. The zero-order valence-corrected chi connectivity index (χ0v) is 12.0. The number of rotatable bonds is 4. The summed E-state index contributed by atoms with van der Waals surface area (Å²) >= 11 is 0. The van der Waals surface area contributed by atoms with Crippen LogP contribution in [0.1, 0.15) is 43.0 Å². The molecule has 1 aromatic rings. The van der Waals surface area contributed by atoms with Gasteiger partial charge in [-0.25, -0.2) is 13.6 Å². The van der Waals surface area contributed by atoms with Gasteiger partial charge in [0.05, 0.1) is 16.8 Å². The number of aromatic carboxylic acids is 1. The largest absolute Gasteiger partial charge is 0.478 e.